The summed E-state index contributed by atoms with van der Waals surface area (Å²) in [7, 11) is 0. The fourth-order valence-corrected chi connectivity index (χ4v) is 3.60. The van der Waals surface area contributed by atoms with Crippen molar-refractivity contribution in [3.8, 4) is 11.5 Å². The first-order valence-corrected chi connectivity index (χ1v) is 9.26. The monoisotopic (exact) mass is 355 g/mol. The Kier molecular flexibility index (Phi) is 5.39. The topological polar surface area (TPSA) is 60.0 Å². The maximum Gasteiger partial charge on any atom is 0.231 e. The van der Waals surface area contributed by atoms with Gasteiger partial charge in [0, 0.05) is 13.1 Å². The van der Waals surface area contributed by atoms with E-state index in [1.165, 1.54) is 11.1 Å². The van der Waals surface area contributed by atoms with E-state index in [1.54, 1.807) is 0 Å². The van der Waals surface area contributed by atoms with Gasteiger partial charge in [-0.2, -0.15) is 0 Å². The maximum absolute atomic E-state index is 10.2. The molecule has 0 saturated carbocycles. The summed E-state index contributed by atoms with van der Waals surface area (Å²) < 4.78 is 16.7. The zero-order chi connectivity index (χ0) is 17.8. The van der Waals surface area contributed by atoms with E-state index in [4.69, 9.17) is 14.2 Å². The molecule has 1 aliphatic heterocycles. The van der Waals surface area contributed by atoms with Crippen LogP contribution in [0.5, 0.6) is 11.5 Å². The van der Waals surface area contributed by atoms with Crippen LogP contribution in [0.2, 0.25) is 0 Å². The van der Waals surface area contributed by atoms with E-state index in [1.807, 2.05) is 18.2 Å². The van der Waals surface area contributed by atoms with E-state index in [9.17, 15) is 5.11 Å². The third kappa shape index (κ3) is 4.01. The molecule has 2 aliphatic rings. The summed E-state index contributed by atoms with van der Waals surface area (Å²) in [4.78, 5) is 0. The lowest BCUT2D eigenvalue weighted by molar-refractivity contribution is -0.0167. The first-order valence-electron chi connectivity index (χ1n) is 9.26. The fourth-order valence-electron chi connectivity index (χ4n) is 3.60. The van der Waals surface area contributed by atoms with Gasteiger partial charge in [-0.1, -0.05) is 30.3 Å². The molecule has 0 spiro atoms. The summed E-state index contributed by atoms with van der Waals surface area (Å²) in [5.74, 6) is 1.57. The Morgan fingerprint density at radius 3 is 3.00 bits per heavy atom. The van der Waals surface area contributed by atoms with Crippen molar-refractivity contribution in [1.82, 2.24) is 5.32 Å². The van der Waals surface area contributed by atoms with Crippen molar-refractivity contribution >= 4 is 0 Å². The molecule has 2 N–H and O–H groups in total. The molecule has 138 valence electrons. The van der Waals surface area contributed by atoms with E-state index in [2.05, 4.69) is 29.6 Å². The van der Waals surface area contributed by atoms with Gasteiger partial charge in [0.1, 0.15) is 0 Å². The Balaban J connectivity index is 1.22. The first kappa shape index (κ1) is 17.3. The van der Waals surface area contributed by atoms with E-state index < -0.39 is 6.10 Å². The quantitative estimate of drug-likeness (QED) is 0.800. The van der Waals surface area contributed by atoms with Crippen LogP contribution in [0.15, 0.2) is 42.5 Å². The Hall–Kier alpha value is -2.08. The van der Waals surface area contributed by atoms with Crippen molar-refractivity contribution in [2.75, 3.05) is 19.9 Å². The predicted molar refractivity (Wildman–Crippen MR) is 98.4 cm³/mol. The Morgan fingerprint density at radius 1 is 1.15 bits per heavy atom. The second-order valence-corrected chi connectivity index (χ2v) is 6.89. The average molecular weight is 355 g/mol. The first-order chi connectivity index (χ1) is 12.8. The summed E-state index contributed by atoms with van der Waals surface area (Å²) in [6.07, 6.45) is 2.85. The van der Waals surface area contributed by atoms with Gasteiger partial charge in [-0.25, -0.2) is 0 Å². The van der Waals surface area contributed by atoms with Gasteiger partial charge in [0.05, 0.1) is 18.8 Å². The molecule has 0 unspecified atom stereocenters. The molecule has 26 heavy (non-hydrogen) atoms. The second-order valence-electron chi connectivity index (χ2n) is 6.89. The third-order valence-electron chi connectivity index (χ3n) is 4.95. The van der Waals surface area contributed by atoms with Gasteiger partial charge in [0.15, 0.2) is 11.5 Å². The minimum Gasteiger partial charge on any atom is -0.454 e. The van der Waals surface area contributed by atoms with Crippen molar-refractivity contribution in [2.24, 2.45) is 0 Å². The van der Waals surface area contributed by atoms with E-state index >= 15 is 0 Å². The van der Waals surface area contributed by atoms with Gasteiger partial charge in [0.25, 0.3) is 0 Å². The molecule has 1 aliphatic carbocycles. The second kappa shape index (κ2) is 8.08. The van der Waals surface area contributed by atoms with Crippen LogP contribution in [0, 0.1) is 0 Å². The summed E-state index contributed by atoms with van der Waals surface area (Å²) in [6.45, 7) is 1.78. The molecule has 4 rings (SSSR count). The predicted octanol–water partition coefficient (Wildman–Crippen LogP) is 2.96. The lowest BCUT2D eigenvalue weighted by Crippen LogP contribution is -2.31. The van der Waals surface area contributed by atoms with Gasteiger partial charge < -0.3 is 24.6 Å². The molecule has 2 aromatic carbocycles. The average Bonchev–Trinajstić information content (AvgIpc) is 3.14. The van der Waals surface area contributed by atoms with Crippen LogP contribution in [0.4, 0.5) is 0 Å². The Morgan fingerprint density at radius 2 is 2.04 bits per heavy atom. The van der Waals surface area contributed by atoms with Crippen molar-refractivity contribution in [3.05, 3.63) is 59.2 Å². The number of aliphatic hydroxyl groups excluding tert-OH is 1. The highest BCUT2D eigenvalue weighted by Crippen LogP contribution is 2.33. The Labute approximate surface area is 153 Å². The van der Waals surface area contributed by atoms with Crippen LogP contribution in [-0.2, 0) is 17.7 Å². The number of rotatable bonds is 7. The zero-order valence-electron chi connectivity index (χ0n) is 14.8. The molecule has 0 amide bonds. The van der Waals surface area contributed by atoms with Gasteiger partial charge in [-0.3, -0.25) is 0 Å². The van der Waals surface area contributed by atoms with Crippen molar-refractivity contribution in [3.63, 3.8) is 0 Å². The van der Waals surface area contributed by atoms with Crippen LogP contribution >= 0.6 is 0 Å². The normalized spacial score (nSPS) is 19.2. The lowest BCUT2D eigenvalue weighted by Gasteiger charge is -2.26. The number of aryl methyl sites for hydroxylation is 1. The van der Waals surface area contributed by atoms with E-state index in [0.29, 0.717) is 19.7 Å². The molecule has 2 aromatic rings. The van der Waals surface area contributed by atoms with Crippen LogP contribution < -0.4 is 14.8 Å². The zero-order valence-corrected chi connectivity index (χ0v) is 14.8. The van der Waals surface area contributed by atoms with Gasteiger partial charge in [-0.15, -0.1) is 0 Å². The van der Waals surface area contributed by atoms with Gasteiger partial charge >= 0.3 is 0 Å². The summed E-state index contributed by atoms with van der Waals surface area (Å²) in [5, 5.41) is 13.5. The molecule has 5 nitrogen and oxygen atoms in total. The van der Waals surface area contributed by atoms with Crippen LogP contribution in [0.25, 0.3) is 0 Å². The maximum atomic E-state index is 10.2. The summed E-state index contributed by atoms with van der Waals surface area (Å²) in [6, 6.07) is 14.3. The highest BCUT2D eigenvalue weighted by Gasteiger charge is 2.21. The number of fused-ring (bicyclic) bond motifs is 2. The number of hydrogen-bond donors (Lipinski definition) is 2. The van der Waals surface area contributed by atoms with Crippen LogP contribution in [0.1, 0.15) is 35.6 Å². The highest BCUT2D eigenvalue weighted by molar-refractivity contribution is 5.44. The lowest BCUT2D eigenvalue weighted by atomic mass is 9.89. The van der Waals surface area contributed by atoms with Gasteiger partial charge in [-0.05, 0) is 48.1 Å². The SMILES string of the molecule is O[C@@H](CNCc1ccc2c(c1)OCO2)CO[C@H]1CCCc2ccccc21. The molecule has 1 heterocycles. The third-order valence-corrected chi connectivity index (χ3v) is 4.95. The number of ether oxygens (including phenoxy) is 3. The molecule has 0 fully saturated rings. The Bertz CT molecular complexity index is 749. The molecule has 0 radical (unpaired) electrons. The van der Waals surface area contributed by atoms with Crippen molar-refractivity contribution in [1.29, 1.82) is 0 Å². The summed E-state index contributed by atoms with van der Waals surface area (Å²) >= 11 is 0. The van der Waals surface area contributed by atoms with Crippen LogP contribution in [0.3, 0.4) is 0 Å². The number of benzene rings is 2. The molecular weight excluding hydrogens is 330 g/mol. The molecule has 5 heteroatoms. The minimum atomic E-state index is -0.530. The van der Waals surface area contributed by atoms with Crippen molar-refractivity contribution in [2.45, 2.75) is 38.0 Å². The van der Waals surface area contributed by atoms with Crippen molar-refractivity contribution < 1.29 is 19.3 Å². The number of hydrogen-bond acceptors (Lipinski definition) is 5. The molecule has 0 saturated heterocycles. The largest absolute Gasteiger partial charge is 0.454 e. The molecule has 0 aromatic heterocycles. The molecular formula is C21H25NO4. The summed E-state index contributed by atoms with van der Waals surface area (Å²) in [5.41, 5.74) is 3.75. The fraction of sp³-hybridized carbons (Fsp3) is 0.429. The molecule has 2 atom stereocenters. The van der Waals surface area contributed by atoms with Crippen LogP contribution in [-0.4, -0.2) is 31.2 Å². The molecule has 0 bridgehead atoms. The van der Waals surface area contributed by atoms with E-state index in [0.717, 1.165) is 36.3 Å². The highest BCUT2D eigenvalue weighted by atomic mass is 16.7. The number of aliphatic hydroxyl groups is 1. The smallest absolute Gasteiger partial charge is 0.231 e. The van der Waals surface area contributed by atoms with Gasteiger partial charge in [0.2, 0.25) is 6.79 Å². The standard InChI is InChI=1S/C21H25NO4/c23-17(12-22-11-15-8-9-20-21(10-15)26-14-25-20)13-24-19-7-3-5-16-4-1-2-6-18(16)19/h1-2,4,6,8-10,17,19,22-23H,3,5,7,11-14H2/t17-,19-/m0/s1. The van der Waals surface area contributed by atoms with E-state index in [-0.39, 0.29) is 12.9 Å². The minimum absolute atomic E-state index is 0.100. The number of nitrogens with one attached hydrogen (secondary N) is 1.